The Labute approximate surface area is 103 Å². The molecule has 1 aromatic heterocycles. The maximum Gasteiger partial charge on any atom is 0.139 e. The Balaban J connectivity index is 2.68. The number of methoxy groups -OCH3 is 1. The van der Waals surface area contributed by atoms with E-state index in [1.807, 2.05) is 0 Å². The quantitative estimate of drug-likeness (QED) is 0.891. The third-order valence-corrected chi connectivity index (χ3v) is 2.70. The molecule has 0 radical (unpaired) electrons. The van der Waals surface area contributed by atoms with Crippen LogP contribution in [0.15, 0.2) is 24.4 Å². The standard InChI is InChI=1S/C13H12F2N2O/c1-7-3-4-17-13(12(7)16)11-9(14)5-8(18-2)6-10(11)15/h3-6H,16H2,1-2H3. The molecule has 0 aliphatic rings. The minimum absolute atomic E-state index is 0.104. The lowest BCUT2D eigenvalue weighted by Gasteiger charge is -2.10. The molecule has 18 heavy (non-hydrogen) atoms. The average molecular weight is 250 g/mol. The molecule has 3 nitrogen and oxygen atoms in total. The summed E-state index contributed by atoms with van der Waals surface area (Å²) < 4.78 is 32.5. The lowest BCUT2D eigenvalue weighted by molar-refractivity contribution is 0.407. The first-order valence-corrected chi connectivity index (χ1v) is 5.29. The fourth-order valence-corrected chi connectivity index (χ4v) is 1.66. The van der Waals surface area contributed by atoms with Crippen molar-refractivity contribution in [1.29, 1.82) is 0 Å². The second-order valence-electron chi connectivity index (χ2n) is 3.86. The third-order valence-electron chi connectivity index (χ3n) is 2.70. The van der Waals surface area contributed by atoms with Gasteiger partial charge in [0.05, 0.1) is 24.1 Å². The van der Waals surface area contributed by atoms with Crippen molar-refractivity contribution in [2.45, 2.75) is 6.92 Å². The molecule has 0 spiro atoms. The van der Waals surface area contributed by atoms with Gasteiger partial charge in [-0.3, -0.25) is 4.98 Å². The van der Waals surface area contributed by atoms with Crippen LogP contribution in [0.5, 0.6) is 5.75 Å². The molecule has 0 amide bonds. The molecule has 1 aromatic carbocycles. The molecular weight excluding hydrogens is 238 g/mol. The molecule has 94 valence electrons. The number of pyridine rings is 1. The highest BCUT2D eigenvalue weighted by atomic mass is 19.1. The van der Waals surface area contributed by atoms with Crippen LogP contribution in [0.2, 0.25) is 0 Å². The van der Waals surface area contributed by atoms with Gasteiger partial charge in [0.15, 0.2) is 0 Å². The predicted octanol–water partition coefficient (Wildman–Crippen LogP) is 2.93. The summed E-state index contributed by atoms with van der Waals surface area (Å²) in [6, 6.07) is 3.88. The van der Waals surface area contributed by atoms with E-state index in [1.165, 1.54) is 13.3 Å². The van der Waals surface area contributed by atoms with E-state index in [-0.39, 0.29) is 22.7 Å². The van der Waals surface area contributed by atoms with Crippen LogP contribution in [0.4, 0.5) is 14.5 Å². The van der Waals surface area contributed by atoms with E-state index in [0.717, 1.165) is 17.7 Å². The topological polar surface area (TPSA) is 48.1 Å². The lowest BCUT2D eigenvalue weighted by atomic mass is 10.1. The van der Waals surface area contributed by atoms with Gasteiger partial charge in [0.1, 0.15) is 17.4 Å². The highest BCUT2D eigenvalue weighted by Crippen LogP contribution is 2.32. The van der Waals surface area contributed by atoms with Crippen LogP contribution in [0.3, 0.4) is 0 Å². The molecule has 0 saturated carbocycles. The van der Waals surface area contributed by atoms with Crippen molar-refractivity contribution in [1.82, 2.24) is 4.98 Å². The molecule has 0 unspecified atom stereocenters. The monoisotopic (exact) mass is 250 g/mol. The van der Waals surface area contributed by atoms with Crippen LogP contribution in [-0.4, -0.2) is 12.1 Å². The molecule has 0 bridgehead atoms. The summed E-state index contributed by atoms with van der Waals surface area (Å²) in [6.45, 7) is 1.75. The second-order valence-corrected chi connectivity index (χ2v) is 3.86. The van der Waals surface area contributed by atoms with E-state index in [9.17, 15) is 8.78 Å². The number of aromatic nitrogens is 1. The molecule has 2 aromatic rings. The second kappa shape index (κ2) is 4.60. The summed E-state index contributed by atoms with van der Waals surface area (Å²) in [6.07, 6.45) is 1.46. The van der Waals surface area contributed by atoms with Crippen molar-refractivity contribution in [2.24, 2.45) is 0 Å². The van der Waals surface area contributed by atoms with E-state index in [1.54, 1.807) is 13.0 Å². The van der Waals surface area contributed by atoms with Gasteiger partial charge in [-0.1, -0.05) is 0 Å². The molecule has 1 heterocycles. The number of ether oxygens (including phenoxy) is 1. The van der Waals surface area contributed by atoms with Crippen molar-refractivity contribution in [3.8, 4) is 17.0 Å². The first-order valence-electron chi connectivity index (χ1n) is 5.29. The number of rotatable bonds is 2. The van der Waals surface area contributed by atoms with E-state index < -0.39 is 11.6 Å². The number of anilines is 1. The Morgan fingerprint density at radius 2 is 1.83 bits per heavy atom. The van der Waals surface area contributed by atoms with Crippen molar-refractivity contribution in [3.05, 3.63) is 41.6 Å². The van der Waals surface area contributed by atoms with E-state index in [2.05, 4.69) is 4.98 Å². The van der Waals surface area contributed by atoms with Gasteiger partial charge in [0, 0.05) is 18.3 Å². The minimum Gasteiger partial charge on any atom is -0.497 e. The SMILES string of the molecule is COc1cc(F)c(-c2nccc(C)c2N)c(F)c1. The number of benzene rings is 1. The smallest absolute Gasteiger partial charge is 0.139 e. The molecule has 0 aliphatic carbocycles. The molecule has 0 aliphatic heterocycles. The zero-order chi connectivity index (χ0) is 13.3. The van der Waals surface area contributed by atoms with Crippen LogP contribution in [0, 0.1) is 18.6 Å². The highest BCUT2D eigenvalue weighted by Gasteiger charge is 2.17. The summed E-state index contributed by atoms with van der Waals surface area (Å²) in [7, 11) is 1.34. The average Bonchev–Trinajstić information content (AvgIpc) is 2.33. The van der Waals surface area contributed by atoms with E-state index in [0.29, 0.717) is 0 Å². The fraction of sp³-hybridized carbons (Fsp3) is 0.154. The Morgan fingerprint density at radius 1 is 1.22 bits per heavy atom. The Hall–Kier alpha value is -2.17. The van der Waals surface area contributed by atoms with E-state index in [4.69, 9.17) is 10.5 Å². The highest BCUT2D eigenvalue weighted by molar-refractivity contribution is 5.75. The van der Waals surface area contributed by atoms with Crippen LogP contribution in [0.25, 0.3) is 11.3 Å². The van der Waals surface area contributed by atoms with Gasteiger partial charge in [-0.25, -0.2) is 8.78 Å². The maximum atomic E-state index is 13.9. The summed E-state index contributed by atoms with van der Waals surface area (Å²) in [4.78, 5) is 3.94. The fourth-order valence-electron chi connectivity index (χ4n) is 1.66. The molecule has 0 atom stereocenters. The minimum atomic E-state index is -0.753. The van der Waals surface area contributed by atoms with Crippen molar-refractivity contribution < 1.29 is 13.5 Å². The molecule has 0 fully saturated rings. The van der Waals surface area contributed by atoms with Gasteiger partial charge in [-0.05, 0) is 18.6 Å². The summed E-state index contributed by atoms with van der Waals surface area (Å²) in [5.41, 5.74) is 6.64. The van der Waals surface area contributed by atoms with Crippen LogP contribution in [-0.2, 0) is 0 Å². The largest absolute Gasteiger partial charge is 0.497 e. The maximum absolute atomic E-state index is 13.9. The Kier molecular flexibility index (Phi) is 3.14. The molecule has 2 N–H and O–H groups in total. The first kappa shape index (κ1) is 12.3. The summed E-state index contributed by atoms with van der Waals surface area (Å²) in [5, 5.41) is 0. The number of hydrogen-bond donors (Lipinski definition) is 1. The predicted molar refractivity (Wildman–Crippen MR) is 65.3 cm³/mol. The van der Waals surface area contributed by atoms with Crippen LogP contribution < -0.4 is 10.5 Å². The van der Waals surface area contributed by atoms with Crippen molar-refractivity contribution in [2.75, 3.05) is 12.8 Å². The lowest BCUT2D eigenvalue weighted by Crippen LogP contribution is -2.00. The van der Waals surface area contributed by atoms with Gasteiger partial charge in [0.2, 0.25) is 0 Å². The van der Waals surface area contributed by atoms with Gasteiger partial charge in [0.25, 0.3) is 0 Å². The summed E-state index contributed by atoms with van der Waals surface area (Å²) >= 11 is 0. The van der Waals surface area contributed by atoms with Gasteiger partial charge in [-0.2, -0.15) is 0 Å². The number of halogens is 2. The zero-order valence-corrected chi connectivity index (χ0v) is 10.00. The van der Waals surface area contributed by atoms with Crippen LogP contribution in [0.1, 0.15) is 5.56 Å². The van der Waals surface area contributed by atoms with Crippen molar-refractivity contribution in [3.63, 3.8) is 0 Å². The molecule has 0 saturated heterocycles. The molecular formula is C13H12F2N2O. The Morgan fingerprint density at radius 3 is 2.39 bits per heavy atom. The molecule has 5 heteroatoms. The normalized spacial score (nSPS) is 10.4. The number of hydrogen-bond acceptors (Lipinski definition) is 3. The number of nitrogens with zero attached hydrogens (tertiary/aromatic N) is 1. The Bertz CT molecular complexity index is 577. The van der Waals surface area contributed by atoms with E-state index >= 15 is 0 Å². The van der Waals surface area contributed by atoms with Crippen LogP contribution >= 0.6 is 0 Å². The number of aryl methyl sites for hydroxylation is 1. The van der Waals surface area contributed by atoms with Crippen molar-refractivity contribution >= 4 is 5.69 Å². The number of nitrogen functional groups attached to an aromatic ring is 1. The van der Waals surface area contributed by atoms with Gasteiger partial charge >= 0.3 is 0 Å². The van der Waals surface area contributed by atoms with Gasteiger partial charge < -0.3 is 10.5 Å². The zero-order valence-electron chi connectivity index (χ0n) is 10.00. The number of nitrogens with two attached hydrogens (primary N) is 1. The molecule has 2 rings (SSSR count). The third kappa shape index (κ3) is 1.99. The summed E-state index contributed by atoms with van der Waals surface area (Å²) in [5.74, 6) is -1.40. The first-order chi connectivity index (χ1) is 8.54. The van der Waals surface area contributed by atoms with Gasteiger partial charge in [-0.15, -0.1) is 0 Å².